The highest BCUT2D eigenvalue weighted by molar-refractivity contribution is 7.91. The quantitative estimate of drug-likeness (QED) is 0.588. The van der Waals surface area contributed by atoms with E-state index in [0.29, 0.717) is 0 Å². The predicted octanol–water partition coefficient (Wildman–Crippen LogP) is 4.43. The third kappa shape index (κ3) is 4.34. The zero-order valence-corrected chi connectivity index (χ0v) is 17.1. The third-order valence-electron chi connectivity index (χ3n) is 3.93. The van der Waals surface area contributed by atoms with E-state index in [0.717, 1.165) is 24.3 Å². The Morgan fingerprint density at radius 1 is 1.00 bits per heavy atom. The van der Waals surface area contributed by atoms with E-state index < -0.39 is 34.0 Å². The maximum absolute atomic E-state index is 14.7. The summed E-state index contributed by atoms with van der Waals surface area (Å²) in [5.41, 5.74) is 1.46. The van der Waals surface area contributed by atoms with Gasteiger partial charge in [0.2, 0.25) is 0 Å². The lowest BCUT2D eigenvalue weighted by molar-refractivity contribution is 0.0360. The van der Waals surface area contributed by atoms with Crippen LogP contribution in [-0.2, 0) is 29.1 Å². The zero-order valence-electron chi connectivity index (χ0n) is 15.4. The summed E-state index contributed by atoms with van der Waals surface area (Å²) in [5.74, 6) is 0. The molecule has 0 saturated heterocycles. The van der Waals surface area contributed by atoms with Crippen molar-refractivity contribution in [2.24, 2.45) is 5.73 Å². The monoisotopic (exact) mass is 433 g/mol. The molecule has 2 aromatic rings. The standard InChI is InChI=1S/C18H22F2NO5PS/c1-3-25-27(22,26-4-2)18(19,20)15-12-10-14(11-13-15)17(21)28(23,24)16-8-6-5-7-9-16/h5-13,17H,3-4,21H2,1-2H3. The maximum Gasteiger partial charge on any atom is 0.404 e. The molecule has 0 bridgehead atoms. The number of sulfone groups is 1. The Morgan fingerprint density at radius 2 is 1.50 bits per heavy atom. The average Bonchev–Trinajstić information content (AvgIpc) is 2.68. The highest BCUT2D eigenvalue weighted by atomic mass is 32.2. The largest absolute Gasteiger partial charge is 0.404 e. The van der Waals surface area contributed by atoms with Crippen LogP contribution in [0, 0.1) is 0 Å². The summed E-state index contributed by atoms with van der Waals surface area (Å²) in [6.45, 7) is 2.42. The van der Waals surface area contributed by atoms with E-state index >= 15 is 0 Å². The molecule has 2 aromatic carbocycles. The van der Waals surface area contributed by atoms with E-state index in [1.54, 1.807) is 18.2 Å². The summed E-state index contributed by atoms with van der Waals surface area (Å²) < 4.78 is 76.6. The molecule has 154 valence electrons. The average molecular weight is 433 g/mol. The molecule has 0 radical (unpaired) electrons. The van der Waals surface area contributed by atoms with Gasteiger partial charge in [-0.15, -0.1) is 0 Å². The van der Waals surface area contributed by atoms with E-state index in [-0.39, 0.29) is 23.7 Å². The summed E-state index contributed by atoms with van der Waals surface area (Å²) in [6.07, 6.45) is 0. The Morgan fingerprint density at radius 3 is 1.96 bits per heavy atom. The van der Waals surface area contributed by atoms with Gasteiger partial charge in [-0.2, -0.15) is 8.78 Å². The van der Waals surface area contributed by atoms with Gasteiger partial charge >= 0.3 is 13.3 Å². The fourth-order valence-corrected chi connectivity index (χ4v) is 5.40. The molecule has 0 spiro atoms. The van der Waals surface area contributed by atoms with E-state index in [1.807, 2.05) is 0 Å². The second kappa shape index (κ2) is 8.80. The second-order valence-corrected chi connectivity index (χ2v) is 9.92. The fourth-order valence-electron chi connectivity index (χ4n) is 2.51. The van der Waals surface area contributed by atoms with Crippen LogP contribution in [0.4, 0.5) is 8.78 Å². The second-order valence-electron chi connectivity index (χ2n) is 5.77. The van der Waals surface area contributed by atoms with Crippen LogP contribution >= 0.6 is 7.60 Å². The van der Waals surface area contributed by atoms with Gasteiger partial charge in [0.25, 0.3) is 0 Å². The Balaban J connectivity index is 2.36. The molecule has 0 aromatic heterocycles. The smallest absolute Gasteiger partial charge is 0.311 e. The highest BCUT2D eigenvalue weighted by Crippen LogP contribution is 2.66. The van der Waals surface area contributed by atoms with Crippen molar-refractivity contribution in [2.75, 3.05) is 13.2 Å². The lowest BCUT2D eigenvalue weighted by Gasteiger charge is -2.26. The number of benzene rings is 2. The lowest BCUT2D eigenvalue weighted by atomic mass is 10.1. The Kier molecular flexibility index (Phi) is 7.12. The molecule has 1 atom stereocenters. The topological polar surface area (TPSA) is 95.7 Å². The zero-order chi connectivity index (χ0) is 21.0. The van der Waals surface area contributed by atoms with Gasteiger partial charge in [-0.3, -0.25) is 4.57 Å². The molecule has 0 aliphatic carbocycles. The molecule has 0 saturated carbocycles. The minimum Gasteiger partial charge on any atom is -0.311 e. The first-order valence-electron chi connectivity index (χ1n) is 8.52. The SMILES string of the molecule is CCOP(=O)(OCC)C(F)(F)c1ccc(C(N)S(=O)(=O)c2ccccc2)cc1. The van der Waals surface area contributed by atoms with Crippen molar-refractivity contribution in [2.45, 2.75) is 29.8 Å². The van der Waals surface area contributed by atoms with Gasteiger partial charge in [0.05, 0.1) is 18.1 Å². The molecule has 0 fully saturated rings. The van der Waals surface area contributed by atoms with E-state index in [4.69, 9.17) is 14.8 Å². The molecular formula is C18H22F2NO5PS. The van der Waals surface area contributed by atoms with Crippen LogP contribution in [-0.4, -0.2) is 21.6 Å². The number of hydrogen-bond acceptors (Lipinski definition) is 6. The van der Waals surface area contributed by atoms with E-state index in [2.05, 4.69) is 0 Å². The minimum absolute atomic E-state index is 0.0223. The van der Waals surface area contributed by atoms with Crippen LogP contribution in [0.3, 0.4) is 0 Å². The molecular weight excluding hydrogens is 411 g/mol. The normalized spacial score (nSPS) is 14.0. The van der Waals surface area contributed by atoms with Crippen LogP contribution < -0.4 is 5.73 Å². The van der Waals surface area contributed by atoms with Gasteiger partial charge < -0.3 is 14.8 Å². The summed E-state index contributed by atoms with van der Waals surface area (Å²) in [6, 6.07) is 11.9. The van der Waals surface area contributed by atoms with Gasteiger partial charge in [-0.25, -0.2) is 8.42 Å². The van der Waals surface area contributed by atoms with Crippen molar-refractivity contribution in [3.8, 4) is 0 Å². The molecule has 0 aliphatic rings. The van der Waals surface area contributed by atoms with Gasteiger partial charge in [0.15, 0.2) is 9.84 Å². The number of nitrogens with two attached hydrogens (primary N) is 1. The first-order chi connectivity index (χ1) is 13.1. The minimum atomic E-state index is -4.75. The summed E-state index contributed by atoms with van der Waals surface area (Å²) >= 11 is 0. The van der Waals surface area contributed by atoms with Gasteiger partial charge in [-0.1, -0.05) is 42.5 Å². The lowest BCUT2D eigenvalue weighted by Crippen LogP contribution is -2.22. The van der Waals surface area contributed by atoms with Gasteiger partial charge in [0.1, 0.15) is 5.37 Å². The number of alkyl halides is 2. The van der Waals surface area contributed by atoms with Gasteiger partial charge in [-0.05, 0) is 31.5 Å². The van der Waals surface area contributed by atoms with Crippen molar-refractivity contribution in [1.82, 2.24) is 0 Å². The number of hydrogen-bond donors (Lipinski definition) is 1. The first kappa shape index (κ1) is 22.6. The molecule has 10 heteroatoms. The number of rotatable bonds is 9. The van der Waals surface area contributed by atoms with E-state index in [9.17, 15) is 21.8 Å². The van der Waals surface area contributed by atoms with Crippen molar-refractivity contribution >= 4 is 17.4 Å². The Hall–Kier alpha value is -1.64. The molecule has 2 rings (SSSR count). The van der Waals surface area contributed by atoms with Gasteiger partial charge in [0, 0.05) is 5.56 Å². The molecule has 0 heterocycles. The van der Waals surface area contributed by atoms with E-state index in [1.165, 1.54) is 26.0 Å². The molecule has 2 N–H and O–H groups in total. The molecule has 28 heavy (non-hydrogen) atoms. The molecule has 0 amide bonds. The van der Waals surface area contributed by atoms with Crippen molar-refractivity contribution in [3.05, 3.63) is 65.7 Å². The van der Waals surface area contributed by atoms with Crippen LogP contribution in [0.15, 0.2) is 59.5 Å². The number of halogens is 2. The van der Waals surface area contributed by atoms with Crippen molar-refractivity contribution in [1.29, 1.82) is 0 Å². The third-order valence-corrected chi connectivity index (χ3v) is 7.95. The van der Waals surface area contributed by atoms with Crippen LogP contribution in [0.2, 0.25) is 0 Å². The maximum atomic E-state index is 14.7. The van der Waals surface area contributed by atoms with Crippen LogP contribution in [0.25, 0.3) is 0 Å². The highest BCUT2D eigenvalue weighted by Gasteiger charge is 2.54. The predicted molar refractivity (Wildman–Crippen MR) is 102 cm³/mol. The van der Waals surface area contributed by atoms with Crippen LogP contribution in [0.1, 0.15) is 30.3 Å². The summed E-state index contributed by atoms with van der Waals surface area (Å²) in [7, 11) is -8.65. The summed E-state index contributed by atoms with van der Waals surface area (Å²) in [4.78, 5) is 0.0223. The first-order valence-corrected chi connectivity index (χ1v) is 11.6. The summed E-state index contributed by atoms with van der Waals surface area (Å²) in [5, 5.41) is -1.44. The fraction of sp³-hybridized carbons (Fsp3) is 0.333. The van der Waals surface area contributed by atoms with Crippen LogP contribution in [0.5, 0.6) is 0 Å². The molecule has 0 aliphatic heterocycles. The molecule has 1 unspecified atom stereocenters. The van der Waals surface area contributed by atoms with Crippen molar-refractivity contribution in [3.63, 3.8) is 0 Å². The van der Waals surface area contributed by atoms with Crippen molar-refractivity contribution < 1.29 is 30.8 Å². The Bertz CT molecular complexity index is 926. The Labute approximate surface area is 163 Å². The molecule has 6 nitrogen and oxygen atoms in total.